The number of rotatable bonds is 9. The van der Waals surface area contributed by atoms with Crippen LogP contribution in [0.2, 0.25) is 0 Å². The Bertz CT molecular complexity index is 1670. The minimum Gasteiger partial charge on any atom is -0.481 e. The van der Waals surface area contributed by atoms with Crippen molar-refractivity contribution < 1.29 is 19.6 Å². The molecular formula is C27H22Br2N4O6. The van der Waals surface area contributed by atoms with Crippen molar-refractivity contribution in [2.75, 3.05) is 0 Å². The van der Waals surface area contributed by atoms with E-state index in [-0.39, 0.29) is 40.6 Å². The molecule has 3 aromatic carbocycles. The van der Waals surface area contributed by atoms with Crippen LogP contribution >= 0.6 is 31.9 Å². The Morgan fingerprint density at radius 2 is 1.90 bits per heavy atom. The summed E-state index contributed by atoms with van der Waals surface area (Å²) < 4.78 is 8.21. The molecule has 0 aliphatic rings. The highest BCUT2D eigenvalue weighted by molar-refractivity contribution is 9.10. The summed E-state index contributed by atoms with van der Waals surface area (Å²) in [5.41, 5.74) is 0.844. The van der Waals surface area contributed by atoms with Crippen LogP contribution in [-0.2, 0) is 6.61 Å². The number of benzene rings is 3. The third-order valence-corrected chi connectivity index (χ3v) is 6.99. The van der Waals surface area contributed by atoms with Crippen molar-refractivity contribution in [3.63, 3.8) is 0 Å². The smallest absolute Gasteiger partial charge is 0.335 e. The predicted molar refractivity (Wildman–Crippen MR) is 154 cm³/mol. The Balaban J connectivity index is 1.80. The van der Waals surface area contributed by atoms with Gasteiger partial charge in [-0.3, -0.25) is 14.9 Å². The molecule has 39 heavy (non-hydrogen) atoms. The number of fused-ring (bicyclic) bond motifs is 1. The summed E-state index contributed by atoms with van der Waals surface area (Å²) in [4.78, 5) is 40.6. The number of aromatic carboxylic acids is 1. The molecule has 1 atom stereocenters. The Kier molecular flexibility index (Phi) is 8.56. The standard InChI is InChI=1S/C27H22Br2N4O6/c1-3-15(2)25-31-22-9-8-19(28)11-21(22)26(34)32(25)30-13-18-10-20(29)12-23(33(37)38)24(18)39-14-16-4-6-17(7-5-16)27(35)36/h4-13,15H,3,14H2,1-2H3,(H,35,36)/t15-/m0/s1. The molecule has 10 nitrogen and oxygen atoms in total. The average molecular weight is 658 g/mol. The number of nitrogens with zero attached hydrogens (tertiary/aromatic N) is 4. The molecular weight excluding hydrogens is 636 g/mol. The van der Waals surface area contributed by atoms with Gasteiger partial charge in [-0.2, -0.15) is 9.78 Å². The van der Waals surface area contributed by atoms with Gasteiger partial charge in [0, 0.05) is 26.5 Å². The van der Waals surface area contributed by atoms with Crippen LogP contribution in [-0.4, -0.2) is 31.9 Å². The first-order valence-corrected chi connectivity index (χ1v) is 13.4. The third-order valence-electron chi connectivity index (χ3n) is 6.04. The van der Waals surface area contributed by atoms with Gasteiger partial charge in [0.15, 0.2) is 0 Å². The zero-order chi connectivity index (χ0) is 28.3. The average Bonchev–Trinajstić information content (AvgIpc) is 2.91. The van der Waals surface area contributed by atoms with E-state index in [1.165, 1.54) is 29.1 Å². The lowest BCUT2D eigenvalue weighted by molar-refractivity contribution is -0.386. The molecule has 0 aliphatic heterocycles. The Hall–Kier alpha value is -3.90. The first-order chi connectivity index (χ1) is 18.6. The van der Waals surface area contributed by atoms with Crippen LogP contribution in [0.5, 0.6) is 5.75 Å². The summed E-state index contributed by atoms with van der Waals surface area (Å²) >= 11 is 6.69. The number of carboxylic acids is 1. The van der Waals surface area contributed by atoms with Gasteiger partial charge in [-0.25, -0.2) is 9.78 Å². The number of carbonyl (C=O) groups is 1. The Labute approximate surface area is 239 Å². The zero-order valence-electron chi connectivity index (χ0n) is 20.8. The van der Waals surface area contributed by atoms with E-state index in [1.54, 1.807) is 30.3 Å². The minimum atomic E-state index is -1.06. The molecule has 0 unspecified atom stereocenters. The maximum Gasteiger partial charge on any atom is 0.335 e. The molecule has 0 amide bonds. The van der Waals surface area contributed by atoms with Crippen LogP contribution in [0.4, 0.5) is 5.69 Å². The quantitative estimate of drug-likeness (QED) is 0.123. The molecule has 0 saturated carbocycles. The van der Waals surface area contributed by atoms with Gasteiger partial charge in [-0.15, -0.1) is 0 Å². The molecule has 0 spiro atoms. The molecule has 0 aliphatic carbocycles. The van der Waals surface area contributed by atoms with Gasteiger partial charge in [-0.1, -0.05) is 57.8 Å². The van der Waals surface area contributed by atoms with Crippen LogP contribution in [0.15, 0.2) is 73.4 Å². The number of halogens is 2. The Morgan fingerprint density at radius 1 is 1.18 bits per heavy atom. The molecule has 12 heteroatoms. The second-order valence-corrected chi connectivity index (χ2v) is 10.5. The predicted octanol–water partition coefficient (Wildman–Crippen LogP) is 6.50. The summed E-state index contributed by atoms with van der Waals surface area (Å²) in [6.45, 7) is 3.85. The summed E-state index contributed by atoms with van der Waals surface area (Å²) in [5, 5.41) is 25.8. The number of ether oxygens (including phenoxy) is 1. The lowest BCUT2D eigenvalue weighted by Crippen LogP contribution is -2.23. The normalized spacial score (nSPS) is 12.1. The molecule has 1 N–H and O–H groups in total. The highest BCUT2D eigenvalue weighted by atomic mass is 79.9. The molecule has 1 aromatic heterocycles. The van der Waals surface area contributed by atoms with Gasteiger partial charge in [0.25, 0.3) is 5.56 Å². The number of nitro benzene ring substituents is 1. The van der Waals surface area contributed by atoms with Gasteiger partial charge < -0.3 is 9.84 Å². The van der Waals surface area contributed by atoms with Crippen LogP contribution in [0.3, 0.4) is 0 Å². The highest BCUT2D eigenvalue weighted by Crippen LogP contribution is 2.34. The number of aromatic nitrogens is 2. The highest BCUT2D eigenvalue weighted by Gasteiger charge is 2.22. The molecule has 4 aromatic rings. The lowest BCUT2D eigenvalue weighted by Gasteiger charge is -2.14. The summed E-state index contributed by atoms with van der Waals surface area (Å²) in [5.74, 6) is -0.751. The number of hydrogen-bond donors (Lipinski definition) is 1. The van der Waals surface area contributed by atoms with Gasteiger partial charge in [0.1, 0.15) is 12.4 Å². The topological polar surface area (TPSA) is 137 Å². The van der Waals surface area contributed by atoms with Crippen molar-refractivity contribution in [2.45, 2.75) is 32.8 Å². The maximum atomic E-state index is 13.5. The van der Waals surface area contributed by atoms with Crippen molar-refractivity contribution >= 4 is 60.6 Å². The lowest BCUT2D eigenvalue weighted by atomic mass is 10.1. The van der Waals surface area contributed by atoms with Crippen molar-refractivity contribution in [2.24, 2.45) is 5.10 Å². The van der Waals surface area contributed by atoms with Crippen LogP contribution in [0.1, 0.15) is 53.5 Å². The van der Waals surface area contributed by atoms with E-state index in [9.17, 15) is 19.7 Å². The molecule has 4 rings (SSSR count). The van der Waals surface area contributed by atoms with E-state index in [4.69, 9.17) is 9.84 Å². The molecule has 0 bridgehead atoms. The van der Waals surface area contributed by atoms with Crippen molar-refractivity contribution in [1.29, 1.82) is 0 Å². The van der Waals surface area contributed by atoms with Gasteiger partial charge in [0.05, 0.1) is 27.6 Å². The monoisotopic (exact) mass is 656 g/mol. The summed E-state index contributed by atoms with van der Waals surface area (Å²) in [7, 11) is 0. The van der Waals surface area contributed by atoms with Crippen molar-refractivity contribution in [3.05, 3.63) is 107 Å². The SMILES string of the molecule is CC[C@H](C)c1nc2ccc(Br)cc2c(=O)n1N=Cc1cc(Br)cc([N+](=O)[O-])c1OCc1ccc(C(=O)O)cc1. The van der Waals surface area contributed by atoms with E-state index >= 15 is 0 Å². The fraction of sp³-hybridized carbons (Fsp3) is 0.185. The number of nitro groups is 1. The van der Waals surface area contributed by atoms with E-state index in [0.29, 0.717) is 33.2 Å². The first kappa shape index (κ1) is 28.1. The van der Waals surface area contributed by atoms with E-state index in [1.807, 2.05) is 19.9 Å². The van der Waals surface area contributed by atoms with E-state index in [0.717, 1.165) is 4.47 Å². The second kappa shape index (κ2) is 11.9. The van der Waals surface area contributed by atoms with Gasteiger partial charge >= 0.3 is 11.7 Å². The first-order valence-electron chi connectivity index (χ1n) is 11.8. The second-order valence-electron chi connectivity index (χ2n) is 8.69. The molecule has 0 fully saturated rings. The molecule has 1 heterocycles. The van der Waals surface area contributed by atoms with Gasteiger partial charge in [0.2, 0.25) is 5.75 Å². The maximum absolute atomic E-state index is 13.5. The third kappa shape index (κ3) is 6.23. The number of carboxylic acid groups (broad SMARTS) is 1. The molecule has 200 valence electrons. The van der Waals surface area contributed by atoms with E-state index in [2.05, 4.69) is 41.9 Å². The fourth-order valence-electron chi connectivity index (χ4n) is 3.79. The van der Waals surface area contributed by atoms with E-state index < -0.39 is 10.9 Å². The zero-order valence-corrected chi connectivity index (χ0v) is 24.0. The summed E-state index contributed by atoms with van der Waals surface area (Å²) in [6, 6.07) is 14.1. The molecule has 0 saturated heterocycles. The largest absolute Gasteiger partial charge is 0.481 e. The van der Waals surface area contributed by atoms with Crippen LogP contribution in [0.25, 0.3) is 10.9 Å². The number of hydrogen-bond acceptors (Lipinski definition) is 7. The fourth-order valence-corrected chi connectivity index (χ4v) is 4.61. The van der Waals surface area contributed by atoms with Crippen molar-refractivity contribution in [1.82, 2.24) is 9.66 Å². The van der Waals surface area contributed by atoms with Crippen LogP contribution < -0.4 is 10.3 Å². The van der Waals surface area contributed by atoms with Crippen LogP contribution in [0, 0.1) is 10.1 Å². The van der Waals surface area contributed by atoms with Gasteiger partial charge in [-0.05, 0) is 48.4 Å². The van der Waals surface area contributed by atoms with Crippen molar-refractivity contribution in [3.8, 4) is 5.75 Å². The minimum absolute atomic E-state index is 0.0520. The molecule has 0 radical (unpaired) electrons. The Morgan fingerprint density at radius 3 is 2.54 bits per heavy atom. The summed E-state index contributed by atoms with van der Waals surface area (Å²) in [6.07, 6.45) is 2.04.